The smallest absolute Gasteiger partial charge is 0.322 e. The highest BCUT2D eigenvalue weighted by molar-refractivity contribution is 5.92. The monoisotopic (exact) mass is 270 g/mol. The maximum Gasteiger partial charge on any atom is 0.322 e. The topological polar surface area (TPSA) is 158 Å². The van der Waals surface area contributed by atoms with Crippen LogP contribution < -0.4 is 11.1 Å². The zero-order valence-electron chi connectivity index (χ0n) is 9.92. The van der Waals surface area contributed by atoms with E-state index in [1.165, 1.54) is 12.5 Å². The van der Waals surface area contributed by atoms with Crippen LogP contribution in [0, 0.1) is 0 Å². The Bertz CT molecular complexity index is 472. The van der Waals surface area contributed by atoms with Crippen molar-refractivity contribution in [3.63, 3.8) is 0 Å². The molecule has 0 unspecified atom stereocenters. The highest BCUT2D eigenvalue weighted by atomic mass is 16.4. The van der Waals surface area contributed by atoms with E-state index in [1.807, 2.05) is 0 Å². The number of nitrogens with zero attached hydrogens (tertiary/aromatic N) is 1. The third kappa shape index (κ3) is 4.39. The molecule has 6 N–H and O–H groups in total. The molecule has 0 fully saturated rings. The second kappa shape index (κ2) is 5.96. The predicted molar refractivity (Wildman–Crippen MR) is 62.1 cm³/mol. The van der Waals surface area contributed by atoms with Crippen LogP contribution in [-0.4, -0.2) is 50.1 Å². The van der Waals surface area contributed by atoms with Gasteiger partial charge >= 0.3 is 11.9 Å². The number of carbonyl (C=O) groups is 3. The lowest BCUT2D eigenvalue weighted by atomic mass is 9.90. The summed E-state index contributed by atoms with van der Waals surface area (Å²) in [5.74, 6) is -3.34. The number of hydrogen-bond donors (Lipinski definition) is 5. The van der Waals surface area contributed by atoms with Crippen molar-refractivity contribution >= 4 is 17.8 Å². The van der Waals surface area contributed by atoms with Gasteiger partial charge in [0.2, 0.25) is 5.91 Å². The van der Waals surface area contributed by atoms with Crippen LogP contribution in [-0.2, 0) is 20.8 Å². The Morgan fingerprint density at radius 1 is 1.37 bits per heavy atom. The van der Waals surface area contributed by atoms with Gasteiger partial charge < -0.3 is 26.2 Å². The Morgan fingerprint density at radius 2 is 2.05 bits per heavy atom. The molecule has 0 saturated carbocycles. The molecule has 0 aliphatic rings. The highest BCUT2D eigenvalue weighted by Crippen LogP contribution is 2.14. The fraction of sp³-hybridized carbons (Fsp3) is 0.400. The summed E-state index contributed by atoms with van der Waals surface area (Å²) in [5, 5.41) is 19.4. The third-order valence-corrected chi connectivity index (χ3v) is 2.38. The van der Waals surface area contributed by atoms with Crippen LogP contribution in [0.5, 0.6) is 0 Å². The zero-order chi connectivity index (χ0) is 14.5. The molecule has 0 saturated heterocycles. The number of aromatic amines is 1. The molecule has 0 radical (unpaired) electrons. The molecule has 1 atom stereocenters. The van der Waals surface area contributed by atoms with Gasteiger partial charge in [0, 0.05) is 18.3 Å². The molecule has 0 aliphatic carbocycles. The molecular formula is C10H14N4O5. The van der Waals surface area contributed by atoms with E-state index >= 15 is 0 Å². The van der Waals surface area contributed by atoms with Crippen LogP contribution in [0.4, 0.5) is 0 Å². The first kappa shape index (κ1) is 14.6. The average Bonchev–Trinajstić information content (AvgIpc) is 2.76. The lowest BCUT2D eigenvalue weighted by molar-refractivity contribution is -0.142. The van der Waals surface area contributed by atoms with Gasteiger partial charge in [-0.15, -0.1) is 0 Å². The van der Waals surface area contributed by atoms with Crippen molar-refractivity contribution in [3.05, 3.63) is 18.2 Å². The fourth-order valence-electron chi connectivity index (χ4n) is 1.55. The minimum Gasteiger partial charge on any atom is -0.481 e. The second-order valence-corrected chi connectivity index (χ2v) is 4.06. The van der Waals surface area contributed by atoms with E-state index in [9.17, 15) is 14.4 Å². The standard InChI is InChI=1S/C10H14N4O5/c11-10(2-7(15)16,1-6-3-12-5-14-6)9(19)13-4-8(17)18/h3,5H,1-2,4,11H2,(H,12,14)(H,13,19)(H,15,16)(H,17,18)/t10-/m1/s1. The molecule has 0 spiro atoms. The molecule has 19 heavy (non-hydrogen) atoms. The Morgan fingerprint density at radius 3 is 2.53 bits per heavy atom. The third-order valence-electron chi connectivity index (χ3n) is 2.38. The van der Waals surface area contributed by atoms with Gasteiger partial charge in [0.15, 0.2) is 0 Å². The number of nitrogens with one attached hydrogen (secondary N) is 2. The molecule has 1 aromatic heterocycles. The van der Waals surface area contributed by atoms with Gasteiger partial charge in [0.25, 0.3) is 0 Å². The van der Waals surface area contributed by atoms with E-state index in [2.05, 4.69) is 15.3 Å². The SMILES string of the molecule is N[C@@](CC(=O)O)(Cc1cnc[nH]1)C(=O)NCC(=O)O. The number of H-pyrrole nitrogens is 1. The molecule has 0 bridgehead atoms. The van der Waals surface area contributed by atoms with Crippen LogP contribution >= 0.6 is 0 Å². The fourth-order valence-corrected chi connectivity index (χ4v) is 1.55. The minimum absolute atomic E-state index is 0.0925. The van der Waals surface area contributed by atoms with Crippen molar-refractivity contribution < 1.29 is 24.6 Å². The van der Waals surface area contributed by atoms with Gasteiger partial charge in [-0.3, -0.25) is 14.4 Å². The quantitative estimate of drug-likeness (QED) is 0.396. The van der Waals surface area contributed by atoms with E-state index in [-0.39, 0.29) is 6.42 Å². The number of carbonyl (C=O) groups excluding carboxylic acids is 1. The molecule has 104 valence electrons. The average molecular weight is 270 g/mol. The van der Waals surface area contributed by atoms with Crippen molar-refractivity contribution in [2.45, 2.75) is 18.4 Å². The molecular weight excluding hydrogens is 256 g/mol. The van der Waals surface area contributed by atoms with Gasteiger partial charge in [-0.1, -0.05) is 0 Å². The summed E-state index contributed by atoms with van der Waals surface area (Å²) in [6.45, 7) is -0.625. The molecule has 1 amide bonds. The largest absolute Gasteiger partial charge is 0.481 e. The van der Waals surface area contributed by atoms with Crippen LogP contribution in [0.1, 0.15) is 12.1 Å². The summed E-state index contributed by atoms with van der Waals surface area (Å²) < 4.78 is 0. The van der Waals surface area contributed by atoms with E-state index in [0.717, 1.165) is 0 Å². The number of hydrogen-bond acceptors (Lipinski definition) is 5. The first-order chi connectivity index (χ1) is 8.83. The first-order valence-electron chi connectivity index (χ1n) is 5.31. The maximum atomic E-state index is 11.8. The summed E-state index contributed by atoms with van der Waals surface area (Å²) >= 11 is 0. The van der Waals surface area contributed by atoms with Crippen LogP contribution in [0.3, 0.4) is 0 Å². The van der Waals surface area contributed by atoms with Gasteiger partial charge in [-0.05, 0) is 0 Å². The number of carboxylic acids is 2. The Labute approximate surface area is 107 Å². The molecule has 1 aromatic rings. The lowest BCUT2D eigenvalue weighted by Gasteiger charge is -2.25. The summed E-state index contributed by atoms with van der Waals surface area (Å²) in [6, 6.07) is 0. The highest BCUT2D eigenvalue weighted by Gasteiger charge is 2.37. The molecule has 1 heterocycles. The normalized spacial score (nSPS) is 13.5. The molecule has 9 heteroatoms. The Kier molecular flexibility index (Phi) is 4.59. The number of nitrogens with two attached hydrogens (primary N) is 1. The number of amides is 1. The molecule has 0 aromatic carbocycles. The van der Waals surface area contributed by atoms with Crippen molar-refractivity contribution in [2.75, 3.05) is 6.54 Å². The van der Waals surface area contributed by atoms with E-state index < -0.39 is 36.4 Å². The van der Waals surface area contributed by atoms with E-state index in [0.29, 0.717) is 5.69 Å². The summed E-state index contributed by atoms with van der Waals surface area (Å²) in [6.07, 6.45) is 2.06. The first-order valence-corrected chi connectivity index (χ1v) is 5.31. The number of imidazole rings is 1. The summed E-state index contributed by atoms with van der Waals surface area (Å²) in [7, 11) is 0. The van der Waals surface area contributed by atoms with Crippen molar-refractivity contribution in [3.8, 4) is 0 Å². The maximum absolute atomic E-state index is 11.8. The van der Waals surface area contributed by atoms with Crippen LogP contribution in [0.2, 0.25) is 0 Å². The van der Waals surface area contributed by atoms with Crippen molar-refractivity contribution in [1.82, 2.24) is 15.3 Å². The summed E-state index contributed by atoms with van der Waals surface area (Å²) in [4.78, 5) is 39.4. The molecule has 1 rings (SSSR count). The van der Waals surface area contributed by atoms with Gasteiger partial charge in [-0.25, -0.2) is 4.98 Å². The van der Waals surface area contributed by atoms with Crippen LogP contribution in [0.15, 0.2) is 12.5 Å². The van der Waals surface area contributed by atoms with Crippen molar-refractivity contribution in [2.24, 2.45) is 5.73 Å². The second-order valence-electron chi connectivity index (χ2n) is 4.06. The van der Waals surface area contributed by atoms with Crippen molar-refractivity contribution in [1.29, 1.82) is 0 Å². The Balaban J connectivity index is 2.82. The zero-order valence-corrected chi connectivity index (χ0v) is 9.92. The van der Waals surface area contributed by atoms with Gasteiger partial charge in [-0.2, -0.15) is 0 Å². The van der Waals surface area contributed by atoms with Crippen LogP contribution in [0.25, 0.3) is 0 Å². The number of carboxylic acid groups (broad SMARTS) is 2. The molecule has 0 aliphatic heterocycles. The number of rotatable bonds is 7. The lowest BCUT2D eigenvalue weighted by Crippen LogP contribution is -2.57. The minimum atomic E-state index is -1.74. The Hall–Kier alpha value is -2.42. The van der Waals surface area contributed by atoms with Gasteiger partial charge in [0.05, 0.1) is 12.7 Å². The molecule has 9 nitrogen and oxygen atoms in total. The summed E-state index contributed by atoms with van der Waals surface area (Å²) in [5.41, 5.74) is 4.52. The van der Waals surface area contributed by atoms with E-state index in [1.54, 1.807) is 0 Å². The number of aliphatic carboxylic acids is 2. The van der Waals surface area contributed by atoms with Gasteiger partial charge in [0.1, 0.15) is 12.1 Å². The number of aromatic nitrogens is 2. The predicted octanol–water partition coefficient (Wildman–Crippen LogP) is -1.67. The van der Waals surface area contributed by atoms with E-state index in [4.69, 9.17) is 15.9 Å².